The van der Waals surface area contributed by atoms with Gasteiger partial charge < -0.3 is 10.7 Å². The number of rotatable bonds is 5. The van der Waals surface area contributed by atoms with E-state index in [0.29, 0.717) is 11.7 Å². The zero-order valence-corrected chi connectivity index (χ0v) is 12.4. The van der Waals surface area contributed by atoms with E-state index in [9.17, 15) is 0 Å². The number of hydrogen-bond acceptors (Lipinski definition) is 5. The largest absolute Gasteiger partial charge is 0.363 e. The van der Waals surface area contributed by atoms with Gasteiger partial charge in [0.2, 0.25) is 0 Å². The first-order chi connectivity index (χ1) is 10.2. The number of hydrazine groups is 1. The maximum absolute atomic E-state index is 5.51. The average molecular weight is 283 g/mol. The van der Waals surface area contributed by atoms with E-state index in [1.807, 2.05) is 6.07 Å². The summed E-state index contributed by atoms with van der Waals surface area (Å²) in [4.78, 5) is 9.05. The van der Waals surface area contributed by atoms with Gasteiger partial charge in [0, 0.05) is 12.0 Å². The Bertz CT molecular complexity index is 636. The molecule has 1 aliphatic rings. The third-order valence-corrected chi connectivity index (χ3v) is 3.85. The summed E-state index contributed by atoms with van der Waals surface area (Å²) in [6.07, 6.45) is 2.33. The molecule has 2 aromatic rings. The molecule has 0 radical (unpaired) electrons. The summed E-state index contributed by atoms with van der Waals surface area (Å²) in [5, 5.41) is 3.45. The number of nitrogens with one attached hydrogen (secondary N) is 2. The summed E-state index contributed by atoms with van der Waals surface area (Å²) in [5.74, 6) is 8.35. The molecule has 5 nitrogen and oxygen atoms in total. The monoisotopic (exact) mass is 283 g/mol. The number of aryl methyl sites for hydroxylation is 1. The van der Waals surface area contributed by atoms with Crippen molar-refractivity contribution in [3.8, 4) is 0 Å². The van der Waals surface area contributed by atoms with Crippen molar-refractivity contribution in [3.05, 3.63) is 47.3 Å². The topological polar surface area (TPSA) is 75.9 Å². The molecule has 0 amide bonds. The van der Waals surface area contributed by atoms with Crippen LogP contribution >= 0.6 is 0 Å². The minimum absolute atomic E-state index is 0.179. The van der Waals surface area contributed by atoms with Crippen molar-refractivity contribution >= 4 is 11.6 Å². The fraction of sp³-hybridized carbons (Fsp3) is 0.375. The fourth-order valence-electron chi connectivity index (χ4n) is 2.51. The van der Waals surface area contributed by atoms with E-state index in [0.717, 1.165) is 11.6 Å². The lowest BCUT2D eigenvalue weighted by Gasteiger charge is -2.18. The van der Waals surface area contributed by atoms with Crippen LogP contribution in [0.4, 0.5) is 11.6 Å². The highest BCUT2D eigenvalue weighted by molar-refractivity contribution is 5.49. The molecule has 5 heteroatoms. The van der Waals surface area contributed by atoms with Crippen molar-refractivity contribution in [2.45, 2.75) is 38.6 Å². The van der Waals surface area contributed by atoms with Gasteiger partial charge in [-0.3, -0.25) is 0 Å². The van der Waals surface area contributed by atoms with Crippen molar-refractivity contribution in [2.75, 3.05) is 10.7 Å². The predicted octanol–water partition coefficient (Wildman–Crippen LogP) is 3.12. The van der Waals surface area contributed by atoms with E-state index < -0.39 is 0 Å². The number of aromatic nitrogens is 2. The summed E-state index contributed by atoms with van der Waals surface area (Å²) in [6.45, 7) is 4.26. The summed E-state index contributed by atoms with van der Waals surface area (Å²) in [6, 6.07) is 10.4. The van der Waals surface area contributed by atoms with Crippen LogP contribution in [0.1, 0.15) is 48.7 Å². The Morgan fingerprint density at radius 2 is 1.90 bits per heavy atom. The van der Waals surface area contributed by atoms with Crippen LogP contribution in [-0.4, -0.2) is 9.97 Å². The van der Waals surface area contributed by atoms with Crippen molar-refractivity contribution < 1.29 is 0 Å². The zero-order valence-electron chi connectivity index (χ0n) is 12.4. The molecule has 0 aliphatic heterocycles. The van der Waals surface area contributed by atoms with E-state index in [-0.39, 0.29) is 6.04 Å². The molecular formula is C16H21N5. The van der Waals surface area contributed by atoms with Gasteiger partial charge in [0.25, 0.3) is 0 Å². The Morgan fingerprint density at radius 1 is 1.19 bits per heavy atom. The summed E-state index contributed by atoms with van der Waals surface area (Å²) in [5.41, 5.74) is 5.16. The second-order valence-corrected chi connectivity index (χ2v) is 5.64. The Hall–Kier alpha value is -2.14. The average Bonchev–Trinajstić information content (AvgIpc) is 3.32. The Labute approximate surface area is 125 Å². The molecule has 21 heavy (non-hydrogen) atoms. The van der Waals surface area contributed by atoms with Gasteiger partial charge in [-0.2, -0.15) is 0 Å². The first kappa shape index (κ1) is 13.8. The predicted molar refractivity (Wildman–Crippen MR) is 85.0 cm³/mol. The van der Waals surface area contributed by atoms with Crippen molar-refractivity contribution in [3.63, 3.8) is 0 Å². The van der Waals surface area contributed by atoms with E-state index in [1.54, 1.807) is 0 Å². The van der Waals surface area contributed by atoms with Gasteiger partial charge in [0.15, 0.2) is 0 Å². The van der Waals surface area contributed by atoms with Crippen molar-refractivity contribution in [2.24, 2.45) is 5.84 Å². The quantitative estimate of drug-likeness (QED) is 0.580. The van der Waals surface area contributed by atoms with Crippen molar-refractivity contribution in [1.82, 2.24) is 9.97 Å². The summed E-state index contributed by atoms with van der Waals surface area (Å²) in [7, 11) is 0. The molecule has 1 saturated carbocycles. The van der Waals surface area contributed by atoms with Crippen LogP contribution in [0.2, 0.25) is 0 Å². The third kappa shape index (κ3) is 3.13. The lowest BCUT2D eigenvalue weighted by molar-refractivity contribution is 0.847. The number of benzene rings is 1. The van der Waals surface area contributed by atoms with E-state index in [1.165, 1.54) is 24.0 Å². The lowest BCUT2D eigenvalue weighted by Crippen LogP contribution is -2.14. The summed E-state index contributed by atoms with van der Waals surface area (Å²) >= 11 is 0. The number of nitrogen functional groups attached to an aromatic ring is 1. The molecule has 0 spiro atoms. The molecule has 1 unspecified atom stereocenters. The van der Waals surface area contributed by atoms with Gasteiger partial charge in [-0.15, -0.1) is 0 Å². The number of anilines is 2. The number of hydrogen-bond donors (Lipinski definition) is 3. The highest BCUT2D eigenvalue weighted by Crippen LogP contribution is 2.39. The van der Waals surface area contributed by atoms with E-state index >= 15 is 0 Å². The first-order valence-corrected chi connectivity index (χ1v) is 7.35. The Kier molecular flexibility index (Phi) is 3.75. The van der Waals surface area contributed by atoms with E-state index in [4.69, 9.17) is 5.84 Å². The molecule has 0 saturated heterocycles. The third-order valence-electron chi connectivity index (χ3n) is 3.85. The van der Waals surface area contributed by atoms with Gasteiger partial charge in [0.05, 0.1) is 6.04 Å². The molecule has 1 aromatic carbocycles. The molecule has 0 bridgehead atoms. The minimum Gasteiger partial charge on any atom is -0.363 e. The molecule has 4 N–H and O–H groups in total. The highest BCUT2D eigenvalue weighted by Gasteiger charge is 2.27. The molecule has 1 atom stereocenters. The molecule has 1 aliphatic carbocycles. The van der Waals surface area contributed by atoms with Crippen LogP contribution in [0.3, 0.4) is 0 Å². The van der Waals surface area contributed by atoms with Crippen LogP contribution in [-0.2, 0) is 0 Å². The number of nitrogens with two attached hydrogens (primary N) is 1. The van der Waals surface area contributed by atoms with Gasteiger partial charge in [-0.25, -0.2) is 15.8 Å². The Balaban J connectivity index is 1.83. The van der Waals surface area contributed by atoms with Gasteiger partial charge in [0.1, 0.15) is 17.5 Å². The van der Waals surface area contributed by atoms with Crippen LogP contribution in [0.15, 0.2) is 30.3 Å². The maximum atomic E-state index is 5.51. The van der Waals surface area contributed by atoms with Crippen molar-refractivity contribution in [1.29, 1.82) is 0 Å². The Morgan fingerprint density at radius 3 is 2.57 bits per heavy atom. The molecular weight excluding hydrogens is 262 g/mol. The highest BCUT2D eigenvalue weighted by atomic mass is 15.3. The molecule has 1 fully saturated rings. The molecule has 3 rings (SSSR count). The van der Waals surface area contributed by atoms with Gasteiger partial charge >= 0.3 is 0 Å². The molecule has 110 valence electrons. The lowest BCUT2D eigenvalue weighted by atomic mass is 10.0. The van der Waals surface area contributed by atoms with Gasteiger partial charge in [-0.1, -0.05) is 24.3 Å². The summed E-state index contributed by atoms with van der Waals surface area (Å²) < 4.78 is 0. The van der Waals surface area contributed by atoms with Crippen LogP contribution in [0.5, 0.6) is 0 Å². The van der Waals surface area contributed by atoms with E-state index in [2.05, 4.69) is 58.8 Å². The molecule has 1 aromatic heterocycles. The standard InChI is InChI=1S/C16H21N5/c1-10-5-3-4-6-13(10)11(2)18-14-9-15(21-17)20-16(19-14)12-7-8-12/h3-6,9,11-12H,7-8,17H2,1-2H3,(H2,18,19,20,21). The number of nitrogens with zero attached hydrogens (tertiary/aromatic N) is 2. The van der Waals surface area contributed by atoms with Crippen LogP contribution in [0.25, 0.3) is 0 Å². The first-order valence-electron chi connectivity index (χ1n) is 7.35. The smallest absolute Gasteiger partial charge is 0.145 e. The SMILES string of the molecule is Cc1ccccc1C(C)Nc1cc(NN)nc(C2CC2)n1. The molecule has 1 heterocycles. The fourth-order valence-corrected chi connectivity index (χ4v) is 2.51. The van der Waals surface area contributed by atoms with Gasteiger partial charge in [-0.05, 0) is 37.8 Å². The second-order valence-electron chi connectivity index (χ2n) is 5.64. The van der Waals surface area contributed by atoms with Crippen LogP contribution in [0, 0.1) is 6.92 Å². The maximum Gasteiger partial charge on any atom is 0.145 e. The zero-order chi connectivity index (χ0) is 14.8. The second kappa shape index (κ2) is 5.69. The normalized spacial score (nSPS) is 15.6. The van der Waals surface area contributed by atoms with Crippen LogP contribution < -0.4 is 16.6 Å². The minimum atomic E-state index is 0.179.